The second-order valence-electron chi connectivity index (χ2n) is 9.72. The van der Waals surface area contributed by atoms with E-state index in [1.54, 1.807) is 25.4 Å². The van der Waals surface area contributed by atoms with Gasteiger partial charge in [-0.05, 0) is 75.5 Å². The van der Waals surface area contributed by atoms with Crippen molar-refractivity contribution in [1.29, 1.82) is 0 Å². The largest absolute Gasteiger partial charge is 0.479 e. The second-order valence-corrected chi connectivity index (χ2v) is 9.72. The Morgan fingerprint density at radius 1 is 1.27 bits per heavy atom. The van der Waals surface area contributed by atoms with Crippen molar-refractivity contribution in [2.75, 3.05) is 10.6 Å². The van der Waals surface area contributed by atoms with Crippen LogP contribution >= 0.6 is 0 Å². The molecule has 4 fully saturated rings. The molecule has 4 aliphatic carbocycles. The molecule has 156 valence electrons. The Hall–Kier alpha value is -2.90. The summed E-state index contributed by atoms with van der Waals surface area (Å²) in [6.45, 7) is 1.71. The van der Waals surface area contributed by atoms with Crippen LogP contribution in [0.15, 0.2) is 30.9 Å². The van der Waals surface area contributed by atoms with E-state index >= 15 is 0 Å². The molecule has 1 aromatic heterocycles. The summed E-state index contributed by atoms with van der Waals surface area (Å²) in [5.41, 5.74) is 0.814. The number of hydrogen-bond acceptors (Lipinski definition) is 5. The Morgan fingerprint density at radius 3 is 2.80 bits per heavy atom. The van der Waals surface area contributed by atoms with Crippen LogP contribution in [0.1, 0.15) is 45.4 Å². The lowest BCUT2D eigenvalue weighted by Crippen LogP contribution is -2.60. The fraction of sp³-hybridized carbons (Fsp3) is 0.545. The molecule has 0 spiro atoms. The predicted molar refractivity (Wildman–Crippen MR) is 109 cm³/mol. The fourth-order valence-electron chi connectivity index (χ4n) is 6.75. The van der Waals surface area contributed by atoms with Crippen LogP contribution in [0.25, 0.3) is 0 Å². The number of nitrogens with one attached hydrogen (secondary N) is 2. The zero-order valence-corrected chi connectivity index (χ0v) is 16.9. The Bertz CT molecular complexity index is 1020. The van der Waals surface area contributed by atoms with Crippen LogP contribution in [0.2, 0.25) is 0 Å². The molecule has 0 saturated heterocycles. The molecule has 2 amide bonds. The van der Waals surface area contributed by atoms with Crippen molar-refractivity contribution < 1.29 is 14.3 Å². The highest BCUT2D eigenvalue weighted by Gasteiger charge is 2.61. The Labute approximate surface area is 174 Å². The van der Waals surface area contributed by atoms with Gasteiger partial charge < -0.3 is 15.4 Å². The first-order valence-corrected chi connectivity index (χ1v) is 10.7. The van der Waals surface area contributed by atoms with Crippen LogP contribution in [0, 0.1) is 17.3 Å². The molecule has 2 N–H and O–H groups in total. The summed E-state index contributed by atoms with van der Waals surface area (Å²) in [7, 11) is 0. The topological polar surface area (TPSA) is 98.1 Å². The SMILES string of the molecule is C[C@@H]1Oc2ccc(NC(=O)C34C[C@H]5C[C@@H](C3)CC(n3cncn3)(C5)C4)cc2NC1=O. The number of amides is 2. The highest BCUT2D eigenvalue weighted by atomic mass is 16.5. The average molecular weight is 407 g/mol. The van der Waals surface area contributed by atoms with E-state index in [2.05, 4.69) is 20.7 Å². The van der Waals surface area contributed by atoms with Crippen LogP contribution < -0.4 is 15.4 Å². The van der Waals surface area contributed by atoms with E-state index in [0.29, 0.717) is 29.0 Å². The minimum atomic E-state index is -0.516. The maximum Gasteiger partial charge on any atom is 0.265 e. The van der Waals surface area contributed by atoms with Gasteiger partial charge in [-0.15, -0.1) is 0 Å². The molecule has 1 aromatic carbocycles. The van der Waals surface area contributed by atoms with Gasteiger partial charge >= 0.3 is 0 Å². The third-order valence-electron chi connectivity index (χ3n) is 7.58. The lowest BCUT2D eigenvalue weighted by atomic mass is 9.46. The van der Waals surface area contributed by atoms with Crippen molar-refractivity contribution in [3.05, 3.63) is 30.9 Å². The highest BCUT2D eigenvalue weighted by molar-refractivity contribution is 6.00. The molecule has 30 heavy (non-hydrogen) atoms. The van der Waals surface area contributed by atoms with E-state index in [4.69, 9.17) is 4.74 Å². The van der Waals surface area contributed by atoms with Gasteiger partial charge in [-0.1, -0.05) is 0 Å². The highest BCUT2D eigenvalue weighted by Crippen LogP contribution is 2.64. The number of carbonyl (C=O) groups is 2. The van der Waals surface area contributed by atoms with Crippen LogP contribution in [-0.2, 0) is 15.1 Å². The Balaban J connectivity index is 1.28. The van der Waals surface area contributed by atoms with E-state index in [9.17, 15) is 9.59 Å². The number of ether oxygens (including phenoxy) is 1. The summed E-state index contributed by atoms with van der Waals surface area (Å²) in [5, 5.41) is 10.5. The molecule has 5 aliphatic rings. The van der Waals surface area contributed by atoms with Crippen LogP contribution in [0.3, 0.4) is 0 Å². The van der Waals surface area contributed by atoms with E-state index in [1.807, 2.05) is 17.1 Å². The van der Waals surface area contributed by atoms with Gasteiger partial charge in [-0.2, -0.15) is 5.10 Å². The molecule has 2 heterocycles. The molecule has 7 rings (SSSR count). The van der Waals surface area contributed by atoms with E-state index in [0.717, 1.165) is 32.1 Å². The van der Waals surface area contributed by atoms with E-state index in [1.165, 1.54) is 6.42 Å². The van der Waals surface area contributed by atoms with Gasteiger partial charge in [0.15, 0.2) is 6.10 Å². The summed E-state index contributed by atoms with van der Waals surface area (Å²) in [5.74, 6) is 1.64. The zero-order chi connectivity index (χ0) is 20.5. The van der Waals surface area contributed by atoms with Gasteiger partial charge in [-0.25, -0.2) is 9.67 Å². The van der Waals surface area contributed by atoms with Crippen LogP contribution in [0.4, 0.5) is 11.4 Å². The number of aromatic nitrogens is 3. The maximum absolute atomic E-state index is 13.6. The van der Waals surface area contributed by atoms with Gasteiger partial charge in [0.25, 0.3) is 5.91 Å². The van der Waals surface area contributed by atoms with Crippen molar-refractivity contribution in [3.63, 3.8) is 0 Å². The molecular formula is C22H25N5O3. The summed E-state index contributed by atoms with van der Waals surface area (Å²) in [6.07, 6.45) is 8.96. The lowest BCUT2D eigenvalue weighted by molar-refractivity contribution is -0.150. The number of nitrogens with zero attached hydrogens (tertiary/aromatic N) is 3. The monoisotopic (exact) mass is 407 g/mol. The fourth-order valence-corrected chi connectivity index (χ4v) is 6.75. The van der Waals surface area contributed by atoms with Crippen molar-refractivity contribution in [2.45, 2.75) is 57.1 Å². The quantitative estimate of drug-likeness (QED) is 0.815. The third-order valence-corrected chi connectivity index (χ3v) is 7.58. The van der Waals surface area contributed by atoms with E-state index < -0.39 is 6.10 Å². The first-order chi connectivity index (χ1) is 14.4. The predicted octanol–water partition coefficient (Wildman–Crippen LogP) is 2.93. The van der Waals surface area contributed by atoms with Crippen molar-refractivity contribution in [1.82, 2.24) is 14.8 Å². The maximum atomic E-state index is 13.6. The molecule has 2 unspecified atom stereocenters. The van der Waals surface area contributed by atoms with Crippen molar-refractivity contribution >= 4 is 23.2 Å². The second kappa shape index (κ2) is 6.06. The molecule has 8 nitrogen and oxygen atoms in total. The molecular weight excluding hydrogens is 382 g/mol. The molecule has 0 radical (unpaired) electrons. The number of hydrogen-bond donors (Lipinski definition) is 2. The number of benzene rings is 1. The van der Waals surface area contributed by atoms with Crippen LogP contribution in [0.5, 0.6) is 5.75 Å². The standard InChI is InChI=1S/C22H25N5O3/c1-13-19(28)26-17-5-16(2-3-18(17)30-13)25-20(29)21-6-14-4-15(7-21)9-22(8-14,10-21)27-12-23-11-24-27/h2-3,5,11-15H,4,6-10H2,1H3,(H,25,29)(H,26,28)/t13-,14-,15+,21?,22?/m0/s1. The van der Waals surface area contributed by atoms with Gasteiger partial charge in [-0.3, -0.25) is 9.59 Å². The van der Waals surface area contributed by atoms with Crippen LogP contribution in [-0.4, -0.2) is 32.7 Å². The molecule has 4 saturated carbocycles. The normalized spacial score (nSPS) is 36.0. The molecule has 1 aliphatic heterocycles. The zero-order valence-electron chi connectivity index (χ0n) is 16.9. The minimum Gasteiger partial charge on any atom is -0.479 e. The van der Waals surface area contributed by atoms with Gasteiger partial charge in [0.1, 0.15) is 18.4 Å². The number of anilines is 2. The lowest BCUT2D eigenvalue weighted by Gasteiger charge is -2.60. The average Bonchev–Trinajstić information content (AvgIpc) is 3.24. The first-order valence-electron chi connectivity index (χ1n) is 10.7. The molecule has 5 atom stereocenters. The third kappa shape index (κ3) is 2.58. The number of fused-ring (bicyclic) bond motifs is 1. The van der Waals surface area contributed by atoms with E-state index in [-0.39, 0.29) is 22.8 Å². The minimum absolute atomic E-state index is 0.0810. The Kier molecular flexibility index (Phi) is 3.62. The molecule has 8 heteroatoms. The first kappa shape index (κ1) is 17.9. The number of carbonyl (C=O) groups excluding carboxylic acids is 2. The van der Waals surface area contributed by atoms with Gasteiger partial charge in [0.05, 0.1) is 16.6 Å². The summed E-state index contributed by atoms with van der Waals surface area (Å²) < 4.78 is 7.63. The molecule has 4 bridgehead atoms. The number of rotatable bonds is 3. The molecule has 2 aromatic rings. The van der Waals surface area contributed by atoms with Crippen molar-refractivity contribution in [2.24, 2.45) is 17.3 Å². The smallest absolute Gasteiger partial charge is 0.265 e. The summed E-state index contributed by atoms with van der Waals surface area (Å²) in [4.78, 5) is 29.7. The van der Waals surface area contributed by atoms with Gasteiger partial charge in [0.2, 0.25) is 5.91 Å². The summed E-state index contributed by atoms with van der Waals surface area (Å²) >= 11 is 0. The Morgan fingerprint density at radius 2 is 2.07 bits per heavy atom. The van der Waals surface area contributed by atoms with Gasteiger partial charge in [0, 0.05) is 5.69 Å². The van der Waals surface area contributed by atoms with Crippen molar-refractivity contribution in [3.8, 4) is 5.75 Å². The summed E-state index contributed by atoms with van der Waals surface area (Å²) in [6, 6.07) is 5.43.